The van der Waals surface area contributed by atoms with Crippen molar-refractivity contribution in [1.29, 1.82) is 0 Å². The summed E-state index contributed by atoms with van der Waals surface area (Å²) in [5.74, 6) is 1.81. The van der Waals surface area contributed by atoms with Gasteiger partial charge in [-0.2, -0.15) is 0 Å². The number of nitrogens with zero attached hydrogens (tertiary/aromatic N) is 2. The van der Waals surface area contributed by atoms with Crippen LogP contribution in [0.1, 0.15) is 40.0 Å². The molecule has 0 aromatic carbocycles. The molecule has 0 aromatic heterocycles. The van der Waals surface area contributed by atoms with Gasteiger partial charge in [-0.3, -0.25) is 4.99 Å². The van der Waals surface area contributed by atoms with Gasteiger partial charge in [-0.15, -0.1) is 0 Å². The van der Waals surface area contributed by atoms with E-state index in [2.05, 4.69) is 31.0 Å². The Bertz CT molecular complexity index is 360. The highest BCUT2D eigenvalue weighted by Crippen LogP contribution is 2.52. The largest absolute Gasteiger partial charge is 0.377 e. The number of ether oxygens (including phenoxy) is 1. The Kier molecular flexibility index (Phi) is 3.46. The Hall–Kier alpha value is -0.770. The molecule has 3 aliphatic rings. The zero-order valence-corrected chi connectivity index (χ0v) is 12.5. The molecule has 4 heteroatoms. The second-order valence-electron chi connectivity index (χ2n) is 6.68. The minimum absolute atomic E-state index is 0.232. The molecule has 0 bridgehead atoms. The fraction of sp³-hybridized carbons (Fsp3) is 0.933. The molecule has 3 atom stereocenters. The van der Waals surface area contributed by atoms with E-state index >= 15 is 0 Å². The summed E-state index contributed by atoms with van der Waals surface area (Å²) >= 11 is 0. The molecule has 2 aliphatic heterocycles. The van der Waals surface area contributed by atoms with Crippen LogP contribution in [-0.2, 0) is 4.74 Å². The first kappa shape index (κ1) is 13.2. The maximum absolute atomic E-state index is 5.87. The van der Waals surface area contributed by atoms with Crippen molar-refractivity contribution in [3.05, 3.63) is 0 Å². The Morgan fingerprint density at radius 1 is 1.37 bits per heavy atom. The summed E-state index contributed by atoms with van der Waals surface area (Å²) in [5, 5.41) is 3.75. The van der Waals surface area contributed by atoms with Gasteiger partial charge in [-0.1, -0.05) is 13.8 Å². The van der Waals surface area contributed by atoms with E-state index in [1.54, 1.807) is 0 Å². The average molecular weight is 265 g/mol. The van der Waals surface area contributed by atoms with Gasteiger partial charge in [0, 0.05) is 43.6 Å². The molecule has 19 heavy (non-hydrogen) atoms. The van der Waals surface area contributed by atoms with Crippen molar-refractivity contribution < 1.29 is 4.74 Å². The first-order chi connectivity index (χ1) is 9.14. The maximum atomic E-state index is 5.87. The van der Waals surface area contributed by atoms with Crippen LogP contribution in [0.2, 0.25) is 0 Å². The summed E-state index contributed by atoms with van der Waals surface area (Å²) in [6.45, 7) is 10.9. The van der Waals surface area contributed by atoms with Crippen molar-refractivity contribution in [3.63, 3.8) is 0 Å². The predicted octanol–water partition coefficient (Wildman–Crippen LogP) is 1.86. The number of guanidine groups is 1. The molecule has 0 radical (unpaired) electrons. The molecule has 3 fully saturated rings. The highest BCUT2D eigenvalue weighted by Gasteiger charge is 2.59. The molecule has 108 valence electrons. The molecule has 2 saturated heterocycles. The highest BCUT2D eigenvalue weighted by molar-refractivity contribution is 5.81. The fourth-order valence-corrected chi connectivity index (χ4v) is 4.07. The highest BCUT2D eigenvalue weighted by atomic mass is 16.5. The Balaban J connectivity index is 1.70. The van der Waals surface area contributed by atoms with E-state index in [9.17, 15) is 0 Å². The minimum Gasteiger partial charge on any atom is -0.377 e. The van der Waals surface area contributed by atoms with Gasteiger partial charge in [0.15, 0.2) is 5.96 Å². The van der Waals surface area contributed by atoms with Crippen LogP contribution < -0.4 is 5.32 Å². The van der Waals surface area contributed by atoms with Gasteiger partial charge in [0.2, 0.25) is 0 Å². The SMILES string of the molecule is CCN=C(NC1C2CCOC2C1(C)C)N1CCCC1. The normalized spacial score (nSPS) is 37.1. The van der Waals surface area contributed by atoms with Crippen molar-refractivity contribution in [1.82, 2.24) is 10.2 Å². The van der Waals surface area contributed by atoms with E-state index in [1.807, 2.05) is 0 Å². The number of aliphatic imine (C=N–C) groups is 1. The van der Waals surface area contributed by atoms with E-state index in [1.165, 1.54) is 19.3 Å². The van der Waals surface area contributed by atoms with Crippen LogP contribution in [0.15, 0.2) is 4.99 Å². The Morgan fingerprint density at radius 3 is 2.79 bits per heavy atom. The first-order valence-corrected chi connectivity index (χ1v) is 7.82. The lowest BCUT2D eigenvalue weighted by Crippen LogP contribution is -2.68. The monoisotopic (exact) mass is 265 g/mol. The molecule has 1 saturated carbocycles. The third-order valence-corrected chi connectivity index (χ3v) is 5.10. The van der Waals surface area contributed by atoms with E-state index in [-0.39, 0.29) is 5.41 Å². The summed E-state index contributed by atoms with van der Waals surface area (Å²) in [6, 6.07) is 0.519. The van der Waals surface area contributed by atoms with Gasteiger partial charge < -0.3 is 15.0 Å². The van der Waals surface area contributed by atoms with Crippen LogP contribution in [-0.4, -0.2) is 49.2 Å². The minimum atomic E-state index is 0.232. The standard InChI is InChI=1S/C15H27N3O/c1-4-16-14(18-8-5-6-9-18)17-12-11-7-10-19-13(11)15(12,2)3/h11-13H,4-10H2,1-3H3,(H,16,17). The number of hydrogen-bond donors (Lipinski definition) is 1. The maximum Gasteiger partial charge on any atom is 0.194 e. The molecular formula is C15H27N3O. The van der Waals surface area contributed by atoms with E-state index in [4.69, 9.17) is 9.73 Å². The summed E-state index contributed by atoms with van der Waals surface area (Å²) in [6.07, 6.45) is 4.25. The molecule has 0 spiro atoms. The molecule has 3 rings (SSSR count). The number of nitrogens with one attached hydrogen (secondary N) is 1. The summed E-state index contributed by atoms with van der Waals surface area (Å²) in [4.78, 5) is 7.12. The molecule has 4 nitrogen and oxygen atoms in total. The van der Waals surface area contributed by atoms with Crippen LogP contribution in [0.5, 0.6) is 0 Å². The van der Waals surface area contributed by atoms with Crippen molar-refractivity contribution >= 4 is 5.96 Å². The van der Waals surface area contributed by atoms with E-state index in [0.29, 0.717) is 18.1 Å². The summed E-state index contributed by atoms with van der Waals surface area (Å²) < 4.78 is 5.87. The lowest BCUT2D eigenvalue weighted by Gasteiger charge is -2.55. The smallest absolute Gasteiger partial charge is 0.194 e. The van der Waals surface area contributed by atoms with Crippen LogP contribution in [0, 0.1) is 11.3 Å². The molecular weight excluding hydrogens is 238 g/mol. The zero-order chi connectivity index (χ0) is 13.5. The Labute approximate surface area is 116 Å². The molecule has 0 aromatic rings. The summed E-state index contributed by atoms with van der Waals surface area (Å²) in [7, 11) is 0. The number of hydrogen-bond acceptors (Lipinski definition) is 2. The third-order valence-electron chi connectivity index (χ3n) is 5.10. The van der Waals surface area contributed by atoms with Crippen LogP contribution in [0.25, 0.3) is 0 Å². The molecule has 2 heterocycles. The van der Waals surface area contributed by atoms with Gasteiger partial charge in [-0.25, -0.2) is 0 Å². The lowest BCUT2D eigenvalue weighted by atomic mass is 9.57. The third kappa shape index (κ3) is 2.14. The molecule has 0 amide bonds. The van der Waals surface area contributed by atoms with E-state index < -0.39 is 0 Å². The van der Waals surface area contributed by atoms with Crippen LogP contribution in [0.3, 0.4) is 0 Å². The van der Waals surface area contributed by atoms with Gasteiger partial charge in [0.05, 0.1) is 6.10 Å². The topological polar surface area (TPSA) is 36.9 Å². The number of rotatable bonds is 2. The predicted molar refractivity (Wildman–Crippen MR) is 77.3 cm³/mol. The quantitative estimate of drug-likeness (QED) is 0.611. The fourth-order valence-electron chi connectivity index (χ4n) is 4.07. The van der Waals surface area contributed by atoms with Gasteiger partial charge in [0.1, 0.15) is 0 Å². The zero-order valence-electron chi connectivity index (χ0n) is 12.5. The first-order valence-electron chi connectivity index (χ1n) is 7.82. The van der Waals surface area contributed by atoms with Crippen molar-refractivity contribution in [2.45, 2.75) is 52.2 Å². The van der Waals surface area contributed by atoms with Gasteiger partial charge in [-0.05, 0) is 26.2 Å². The van der Waals surface area contributed by atoms with Crippen LogP contribution >= 0.6 is 0 Å². The average Bonchev–Trinajstić information content (AvgIpc) is 3.03. The molecule has 3 unspecified atom stereocenters. The van der Waals surface area contributed by atoms with Crippen molar-refractivity contribution in [2.75, 3.05) is 26.2 Å². The van der Waals surface area contributed by atoms with Crippen LogP contribution in [0.4, 0.5) is 0 Å². The van der Waals surface area contributed by atoms with Crippen molar-refractivity contribution in [3.8, 4) is 0 Å². The van der Waals surface area contributed by atoms with E-state index in [0.717, 1.165) is 32.2 Å². The molecule has 1 N–H and O–H groups in total. The number of fused-ring (bicyclic) bond motifs is 1. The van der Waals surface area contributed by atoms with Gasteiger partial charge in [0.25, 0.3) is 0 Å². The second-order valence-corrected chi connectivity index (χ2v) is 6.68. The molecule has 1 aliphatic carbocycles. The second kappa shape index (κ2) is 4.97. The number of likely N-dealkylation sites (tertiary alicyclic amines) is 1. The summed E-state index contributed by atoms with van der Waals surface area (Å²) in [5.41, 5.74) is 0.232. The Morgan fingerprint density at radius 2 is 2.11 bits per heavy atom. The van der Waals surface area contributed by atoms with Crippen molar-refractivity contribution in [2.24, 2.45) is 16.3 Å². The van der Waals surface area contributed by atoms with Gasteiger partial charge >= 0.3 is 0 Å². The lowest BCUT2D eigenvalue weighted by molar-refractivity contribution is -0.107.